The monoisotopic (exact) mass is 221 g/mol. The van der Waals surface area contributed by atoms with Crippen molar-refractivity contribution in [2.45, 2.75) is 25.8 Å². The van der Waals surface area contributed by atoms with Gasteiger partial charge in [0, 0.05) is 17.8 Å². The van der Waals surface area contributed by atoms with Gasteiger partial charge in [0.25, 0.3) is 0 Å². The molecule has 1 saturated heterocycles. The predicted octanol–water partition coefficient (Wildman–Crippen LogP) is 1.56. The number of aryl methyl sites for hydroxylation is 1. The van der Waals surface area contributed by atoms with Gasteiger partial charge < -0.3 is 15.4 Å². The van der Waals surface area contributed by atoms with E-state index in [0.717, 1.165) is 36.6 Å². The van der Waals surface area contributed by atoms with E-state index in [0.29, 0.717) is 0 Å². The zero-order chi connectivity index (χ0) is 11.6. The van der Waals surface area contributed by atoms with Crippen molar-refractivity contribution in [2.75, 3.05) is 25.5 Å². The van der Waals surface area contributed by atoms with Crippen molar-refractivity contribution in [3.63, 3.8) is 0 Å². The molecule has 1 unspecified atom stereocenters. The molecular weight excluding hydrogens is 202 g/mol. The average molecular weight is 221 g/mol. The first-order chi connectivity index (χ1) is 7.63. The molecule has 0 bridgehead atoms. The Hall–Kier alpha value is -1.29. The lowest BCUT2D eigenvalue weighted by Crippen LogP contribution is -2.37. The topological polar surface area (TPSA) is 46.2 Å². The summed E-state index contributed by atoms with van der Waals surface area (Å²) in [6.07, 6.45) is 2.89. The highest BCUT2D eigenvalue weighted by atomic mass is 16.5. The lowest BCUT2D eigenvalue weighted by Gasteiger charge is -2.27. The van der Waals surface area contributed by atoms with Crippen molar-refractivity contribution in [1.29, 1.82) is 0 Å². The summed E-state index contributed by atoms with van der Waals surface area (Å²) >= 11 is 0. The highest BCUT2D eigenvalue weighted by molar-refractivity contribution is 5.57. The second-order valence-electron chi connectivity index (χ2n) is 4.64. The van der Waals surface area contributed by atoms with E-state index >= 15 is 0 Å². The van der Waals surface area contributed by atoms with E-state index in [-0.39, 0.29) is 5.54 Å². The van der Waals surface area contributed by atoms with Gasteiger partial charge in [-0.2, -0.15) is 0 Å². The van der Waals surface area contributed by atoms with Crippen LogP contribution in [-0.4, -0.2) is 30.7 Å². The molecule has 0 radical (unpaired) electrons. The zero-order valence-corrected chi connectivity index (χ0v) is 10.1. The van der Waals surface area contributed by atoms with Gasteiger partial charge in [-0.1, -0.05) is 0 Å². The number of hydrogen-bond donors (Lipinski definition) is 2. The molecule has 0 amide bonds. The molecule has 1 atom stereocenters. The molecular formula is C12H19N3O. The predicted molar refractivity (Wildman–Crippen MR) is 65.0 cm³/mol. The third-order valence-electron chi connectivity index (χ3n) is 3.03. The first-order valence-electron chi connectivity index (χ1n) is 5.62. The van der Waals surface area contributed by atoms with Crippen LogP contribution in [0.25, 0.3) is 0 Å². The Balaban J connectivity index is 2.22. The fourth-order valence-electron chi connectivity index (χ4n) is 2.06. The summed E-state index contributed by atoms with van der Waals surface area (Å²) in [5.74, 6) is 0.804. The summed E-state index contributed by atoms with van der Waals surface area (Å²) < 4.78 is 5.31. The largest absolute Gasteiger partial charge is 0.493 e. The van der Waals surface area contributed by atoms with Gasteiger partial charge in [0.05, 0.1) is 19.0 Å². The molecule has 4 nitrogen and oxygen atoms in total. The van der Waals surface area contributed by atoms with Crippen LogP contribution in [0.3, 0.4) is 0 Å². The molecule has 1 fully saturated rings. The number of aromatic nitrogens is 1. The molecule has 16 heavy (non-hydrogen) atoms. The minimum atomic E-state index is 0.112. The van der Waals surface area contributed by atoms with Gasteiger partial charge in [-0.25, -0.2) is 0 Å². The number of hydrogen-bond acceptors (Lipinski definition) is 4. The summed E-state index contributed by atoms with van der Waals surface area (Å²) in [7, 11) is 1.67. The molecule has 1 aromatic heterocycles. The number of ether oxygens (including phenoxy) is 1. The highest BCUT2D eigenvalue weighted by Gasteiger charge is 2.28. The van der Waals surface area contributed by atoms with Crippen LogP contribution >= 0.6 is 0 Å². The van der Waals surface area contributed by atoms with Gasteiger partial charge in [-0.05, 0) is 32.9 Å². The number of pyridine rings is 1. The Kier molecular flexibility index (Phi) is 3.01. The molecule has 2 heterocycles. The van der Waals surface area contributed by atoms with Crippen LogP contribution in [0.15, 0.2) is 12.3 Å². The van der Waals surface area contributed by atoms with Crippen LogP contribution in [0.5, 0.6) is 5.75 Å². The summed E-state index contributed by atoms with van der Waals surface area (Å²) in [6, 6.07) is 2.03. The quantitative estimate of drug-likeness (QED) is 0.813. The van der Waals surface area contributed by atoms with Gasteiger partial charge >= 0.3 is 0 Å². The second kappa shape index (κ2) is 4.29. The van der Waals surface area contributed by atoms with Crippen molar-refractivity contribution in [1.82, 2.24) is 10.3 Å². The number of nitrogens with one attached hydrogen (secondary N) is 2. The summed E-state index contributed by atoms with van der Waals surface area (Å²) in [4.78, 5) is 4.23. The van der Waals surface area contributed by atoms with E-state index < -0.39 is 0 Å². The fraction of sp³-hybridized carbons (Fsp3) is 0.583. The van der Waals surface area contributed by atoms with Crippen LogP contribution in [-0.2, 0) is 0 Å². The third kappa shape index (κ3) is 2.27. The van der Waals surface area contributed by atoms with Gasteiger partial charge in [0.15, 0.2) is 5.75 Å². The highest BCUT2D eigenvalue weighted by Crippen LogP contribution is 2.28. The summed E-state index contributed by atoms with van der Waals surface area (Å²) in [6.45, 7) is 6.26. The lowest BCUT2D eigenvalue weighted by molar-refractivity contribution is 0.412. The number of rotatable bonds is 3. The standard InChI is InChI=1S/C12H19N3O/c1-9-6-10(11(16-3)7-14-9)15-12(2)4-5-13-8-12/h6-7,13H,4-5,8H2,1-3H3,(H,14,15). The molecule has 4 heteroatoms. The molecule has 0 spiro atoms. The number of anilines is 1. The van der Waals surface area contributed by atoms with Crippen molar-refractivity contribution < 1.29 is 4.74 Å². The minimum Gasteiger partial charge on any atom is -0.493 e. The SMILES string of the molecule is COc1cnc(C)cc1NC1(C)CCNC1. The Bertz CT molecular complexity index is 373. The van der Waals surface area contributed by atoms with Crippen molar-refractivity contribution in [3.05, 3.63) is 18.0 Å². The fourth-order valence-corrected chi connectivity index (χ4v) is 2.06. The Morgan fingerprint density at radius 3 is 3.00 bits per heavy atom. The zero-order valence-electron chi connectivity index (χ0n) is 10.1. The van der Waals surface area contributed by atoms with E-state index in [4.69, 9.17) is 4.74 Å². The van der Waals surface area contributed by atoms with Gasteiger partial charge in [0.1, 0.15) is 0 Å². The van der Waals surface area contributed by atoms with Gasteiger partial charge in [-0.3, -0.25) is 4.98 Å². The third-order valence-corrected chi connectivity index (χ3v) is 3.03. The van der Waals surface area contributed by atoms with E-state index in [2.05, 4.69) is 22.5 Å². The number of nitrogens with zero attached hydrogens (tertiary/aromatic N) is 1. The van der Waals surface area contributed by atoms with Gasteiger partial charge in [0.2, 0.25) is 0 Å². The lowest BCUT2D eigenvalue weighted by atomic mass is 10.0. The van der Waals surface area contributed by atoms with Crippen molar-refractivity contribution in [2.24, 2.45) is 0 Å². The first-order valence-corrected chi connectivity index (χ1v) is 5.62. The van der Waals surface area contributed by atoms with Crippen molar-refractivity contribution in [3.8, 4) is 5.75 Å². The second-order valence-corrected chi connectivity index (χ2v) is 4.64. The first kappa shape index (κ1) is 11.2. The molecule has 1 aliphatic heterocycles. The maximum atomic E-state index is 5.31. The molecule has 0 aliphatic carbocycles. The van der Waals surface area contributed by atoms with Crippen LogP contribution < -0.4 is 15.4 Å². The van der Waals surface area contributed by atoms with E-state index in [1.165, 1.54) is 0 Å². The maximum Gasteiger partial charge on any atom is 0.160 e. The van der Waals surface area contributed by atoms with Crippen LogP contribution in [0.4, 0.5) is 5.69 Å². The molecule has 2 N–H and O–H groups in total. The Morgan fingerprint density at radius 1 is 1.56 bits per heavy atom. The smallest absolute Gasteiger partial charge is 0.160 e. The number of methoxy groups -OCH3 is 1. The minimum absolute atomic E-state index is 0.112. The normalized spacial score (nSPS) is 24.4. The van der Waals surface area contributed by atoms with Gasteiger partial charge in [-0.15, -0.1) is 0 Å². The average Bonchev–Trinajstić information content (AvgIpc) is 2.65. The van der Waals surface area contributed by atoms with Crippen LogP contribution in [0.1, 0.15) is 19.0 Å². The molecule has 0 aromatic carbocycles. The van der Waals surface area contributed by atoms with E-state index in [1.807, 2.05) is 13.0 Å². The van der Waals surface area contributed by atoms with E-state index in [1.54, 1.807) is 13.3 Å². The molecule has 88 valence electrons. The summed E-state index contributed by atoms with van der Waals surface area (Å²) in [5, 5.41) is 6.92. The Morgan fingerprint density at radius 2 is 2.38 bits per heavy atom. The van der Waals surface area contributed by atoms with Crippen LogP contribution in [0.2, 0.25) is 0 Å². The summed E-state index contributed by atoms with van der Waals surface area (Å²) in [5.41, 5.74) is 2.14. The van der Waals surface area contributed by atoms with Crippen molar-refractivity contribution >= 4 is 5.69 Å². The maximum absolute atomic E-state index is 5.31. The molecule has 1 aromatic rings. The molecule has 0 saturated carbocycles. The molecule has 1 aliphatic rings. The van der Waals surface area contributed by atoms with E-state index in [9.17, 15) is 0 Å². The Labute approximate surface area is 96.4 Å². The molecule has 2 rings (SSSR count). The van der Waals surface area contributed by atoms with Crippen LogP contribution in [0, 0.1) is 6.92 Å².